The Morgan fingerprint density at radius 3 is 2.92 bits per heavy atom. The summed E-state index contributed by atoms with van der Waals surface area (Å²) in [5, 5.41) is 4.26. The van der Waals surface area contributed by atoms with Gasteiger partial charge in [0.1, 0.15) is 12.4 Å². The maximum atomic E-state index is 13.2. The lowest BCUT2D eigenvalue weighted by atomic mass is 10.2. The molecule has 0 saturated heterocycles. The van der Waals surface area contributed by atoms with Gasteiger partial charge in [-0.1, -0.05) is 33.2 Å². The molecule has 0 saturated carbocycles. The third-order valence-corrected chi connectivity index (χ3v) is 4.14. The van der Waals surface area contributed by atoms with Gasteiger partial charge in [0, 0.05) is 16.1 Å². The fraction of sp³-hybridized carbons (Fsp3) is 0.0588. The number of benzene rings is 2. The number of hydrogen-bond acceptors (Lipinski definition) is 5. The molecule has 2 aromatic heterocycles. The van der Waals surface area contributed by atoms with Gasteiger partial charge in [-0.2, -0.15) is 4.98 Å². The van der Waals surface area contributed by atoms with E-state index >= 15 is 0 Å². The quantitative estimate of drug-likeness (QED) is 0.526. The first-order valence-corrected chi connectivity index (χ1v) is 8.13. The van der Waals surface area contributed by atoms with E-state index in [0.29, 0.717) is 16.7 Å². The van der Waals surface area contributed by atoms with Gasteiger partial charge in [0.25, 0.3) is 5.56 Å². The molecule has 0 aliphatic carbocycles. The second kappa shape index (κ2) is 6.21. The second-order valence-electron chi connectivity index (χ2n) is 5.36. The standard InChI is InChI=1S/C17H10BrFN4O2/c18-11-3-1-2-10(6-11)16-21-15(25-22-16)8-23-9-20-14-7-12(19)4-5-13(14)17(23)24/h1-7,9H,8H2. The predicted molar refractivity (Wildman–Crippen MR) is 92.5 cm³/mol. The van der Waals surface area contributed by atoms with Gasteiger partial charge in [0.15, 0.2) is 0 Å². The summed E-state index contributed by atoms with van der Waals surface area (Å²) in [5.74, 6) is 0.272. The Hall–Kier alpha value is -2.87. The summed E-state index contributed by atoms with van der Waals surface area (Å²) in [5.41, 5.74) is 0.803. The van der Waals surface area contributed by atoms with E-state index in [1.807, 2.05) is 24.3 Å². The van der Waals surface area contributed by atoms with Crippen molar-refractivity contribution < 1.29 is 8.91 Å². The average molecular weight is 401 g/mol. The molecule has 0 atom stereocenters. The molecule has 0 aliphatic heterocycles. The minimum Gasteiger partial charge on any atom is -0.337 e. The number of fused-ring (bicyclic) bond motifs is 1. The predicted octanol–water partition coefficient (Wildman–Crippen LogP) is 3.40. The van der Waals surface area contributed by atoms with Crippen LogP contribution in [-0.4, -0.2) is 19.7 Å². The van der Waals surface area contributed by atoms with Crippen LogP contribution in [0.4, 0.5) is 4.39 Å². The zero-order valence-corrected chi connectivity index (χ0v) is 14.3. The summed E-state index contributed by atoms with van der Waals surface area (Å²) in [6, 6.07) is 11.4. The Morgan fingerprint density at radius 2 is 2.08 bits per heavy atom. The van der Waals surface area contributed by atoms with Crippen LogP contribution in [0.1, 0.15) is 5.89 Å². The second-order valence-corrected chi connectivity index (χ2v) is 6.28. The van der Waals surface area contributed by atoms with Crippen molar-refractivity contribution in [1.29, 1.82) is 0 Å². The number of aromatic nitrogens is 4. The molecule has 124 valence electrons. The molecule has 0 aliphatic rings. The van der Waals surface area contributed by atoms with E-state index < -0.39 is 5.82 Å². The monoisotopic (exact) mass is 400 g/mol. The summed E-state index contributed by atoms with van der Waals surface area (Å²) < 4.78 is 20.7. The molecule has 2 aromatic carbocycles. The fourth-order valence-electron chi connectivity index (χ4n) is 2.45. The third kappa shape index (κ3) is 3.08. The van der Waals surface area contributed by atoms with Crippen molar-refractivity contribution >= 4 is 26.8 Å². The van der Waals surface area contributed by atoms with Crippen LogP contribution in [0.3, 0.4) is 0 Å². The van der Waals surface area contributed by atoms with Gasteiger partial charge >= 0.3 is 0 Å². The van der Waals surface area contributed by atoms with Gasteiger partial charge in [-0.3, -0.25) is 9.36 Å². The highest BCUT2D eigenvalue weighted by atomic mass is 79.9. The molecule has 0 radical (unpaired) electrons. The van der Waals surface area contributed by atoms with Crippen molar-refractivity contribution in [3.63, 3.8) is 0 Å². The normalized spacial score (nSPS) is 11.1. The Labute approximate surface area is 149 Å². The molecule has 6 nitrogen and oxygen atoms in total. The maximum absolute atomic E-state index is 13.2. The van der Waals surface area contributed by atoms with E-state index in [0.717, 1.165) is 10.0 Å². The molecule has 0 unspecified atom stereocenters. The Balaban J connectivity index is 1.67. The molecule has 4 rings (SSSR count). The summed E-state index contributed by atoms with van der Waals surface area (Å²) in [7, 11) is 0. The van der Waals surface area contributed by atoms with E-state index in [4.69, 9.17) is 4.52 Å². The van der Waals surface area contributed by atoms with Crippen molar-refractivity contribution in [1.82, 2.24) is 19.7 Å². The molecule has 0 N–H and O–H groups in total. The van der Waals surface area contributed by atoms with Crippen LogP contribution in [0.25, 0.3) is 22.3 Å². The molecule has 0 spiro atoms. The van der Waals surface area contributed by atoms with Gasteiger partial charge in [0.2, 0.25) is 11.7 Å². The van der Waals surface area contributed by atoms with Crippen molar-refractivity contribution in [2.75, 3.05) is 0 Å². The van der Waals surface area contributed by atoms with Gasteiger partial charge in [0.05, 0.1) is 17.2 Å². The molecule has 0 amide bonds. The topological polar surface area (TPSA) is 73.8 Å². The lowest BCUT2D eigenvalue weighted by Crippen LogP contribution is -2.21. The van der Waals surface area contributed by atoms with Crippen LogP contribution in [0.2, 0.25) is 0 Å². The van der Waals surface area contributed by atoms with Crippen LogP contribution in [0, 0.1) is 5.82 Å². The summed E-state index contributed by atoms with van der Waals surface area (Å²) >= 11 is 3.39. The number of hydrogen-bond donors (Lipinski definition) is 0. The van der Waals surface area contributed by atoms with Crippen molar-refractivity contribution in [3.8, 4) is 11.4 Å². The summed E-state index contributed by atoms with van der Waals surface area (Å²) in [4.78, 5) is 20.9. The lowest BCUT2D eigenvalue weighted by Gasteiger charge is -2.03. The first-order valence-electron chi connectivity index (χ1n) is 7.33. The highest BCUT2D eigenvalue weighted by Crippen LogP contribution is 2.20. The lowest BCUT2D eigenvalue weighted by molar-refractivity contribution is 0.369. The fourth-order valence-corrected chi connectivity index (χ4v) is 2.85. The van der Waals surface area contributed by atoms with Crippen molar-refractivity contribution in [2.24, 2.45) is 0 Å². The molecule has 8 heteroatoms. The highest BCUT2D eigenvalue weighted by Gasteiger charge is 2.12. The SMILES string of the molecule is O=c1c2ccc(F)cc2ncn1Cc1nc(-c2cccc(Br)c2)no1. The number of nitrogens with zero attached hydrogens (tertiary/aromatic N) is 4. The molecular weight excluding hydrogens is 391 g/mol. The first-order chi connectivity index (χ1) is 12.1. The average Bonchev–Trinajstić information content (AvgIpc) is 3.06. The first kappa shape index (κ1) is 15.6. The van der Waals surface area contributed by atoms with Gasteiger partial charge in [-0.05, 0) is 24.3 Å². The largest absolute Gasteiger partial charge is 0.337 e. The molecular formula is C17H10BrFN4O2. The maximum Gasteiger partial charge on any atom is 0.261 e. The zero-order chi connectivity index (χ0) is 17.4. The molecule has 0 fully saturated rings. The van der Waals surface area contributed by atoms with Gasteiger partial charge < -0.3 is 4.52 Å². The minimum atomic E-state index is -0.437. The van der Waals surface area contributed by atoms with Crippen molar-refractivity contribution in [2.45, 2.75) is 6.54 Å². The van der Waals surface area contributed by atoms with Crippen LogP contribution in [0.5, 0.6) is 0 Å². The minimum absolute atomic E-state index is 0.0835. The van der Waals surface area contributed by atoms with Gasteiger partial charge in [-0.25, -0.2) is 9.37 Å². The van der Waals surface area contributed by atoms with Crippen LogP contribution >= 0.6 is 15.9 Å². The molecule has 25 heavy (non-hydrogen) atoms. The van der Waals surface area contributed by atoms with E-state index in [1.54, 1.807) is 0 Å². The van der Waals surface area contributed by atoms with E-state index in [-0.39, 0.29) is 18.0 Å². The smallest absolute Gasteiger partial charge is 0.261 e. The molecule has 4 aromatic rings. The van der Waals surface area contributed by atoms with Crippen LogP contribution in [-0.2, 0) is 6.54 Å². The summed E-state index contributed by atoms with van der Waals surface area (Å²) in [6.45, 7) is 0.0835. The van der Waals surface area contributed by atoms with Gasteiger partial charge in [-0.15, -0.1) is 0 Å². The third-order valence-electron chi connectivity index (χ3n) is 3.64. The van der Waals surface area contributed by atoms with Crippen LogP contribution in [0.15, 0.2) is 62.6 Å². The Bertz CT molecular complexity index is 1140. The highest BCUT2D eigenvalue weighted by molar-refractivity contribution is 9.10. The van der Waals surface area contributed by atoms with Crippen LogP contribution < -0.4 is 5.56 Å². The number of rotatable bonds is 3. The van der Waals surface area contributed by atoms with E-state index in [2.05, 4.69) is 31.1 Å². The molecule has 0 bridgehead atoms. The van der Waals surface area contributed by atoms with E-state index in [9.17, 15) is 9.18 Å². The Kier molecular flexibility index (Phi) is 3.89. The molecule has 2 heterocycles. The zero-order valence-electron chi connectivity index (χ0n) is 12.7. The Morgan fingerprint density at radius 1 is 1.20 bits per heavy atom. The number of halogens is 2. The van der Waals surface area contributed by atoms with E-state index in [1.165, 1.54) is 29.1 Å². The van der Waals surface area contributed by atoms with Crippen molar-refractivity contribution in [3.05, 3.63) is 75.3 Å². The summed E-state index contributed by atoms with van der Waals surface area (Å²) in [6.07, 6.45) is 1.34.